The summed E-state index contributed by atoms with van der Waals surface area (Å²) in [6.45, 7) is 4.66. The molecule has 1 saturated heterocycles. The van der Waals surface area contributed by atoms with Crippen molar-refractivity contribution in [2.24, 2.45) is 0 Å². The highest BCUT2D eigenvalue weighted by Crippen LogP contribution is 2.29. The molecule has 1 aromatic rings. The van der Waals surface area contributed by atoms with E-state index in [0.717, 1.165) is 12.0 Å². The zero-order valence-electron chi connectivity index (χ0n) is 13.6. The zero-order valence-corrected chi connectivity index (χ0v) is 14.4. The molecule has 0 aromatic heterocycles. The summed E-state index contributed by atoms with van der Waals surface area (Å²) in [6, 6.07) is 7.10. The number of hydrogen-bond donors (Lipinski definition) is 3. The van der Waals surface area contributed by atoms with Gasteiger partial charge in [-0.15, -0.1) is 0 Å². The molecule has 2 amide bonds. The van der Waals surface area contributed by atoms with Crippen LogP contribution >= 0.6 is 11.6 Å². The highest BCUT2D eigenvalue weighted by Gasteiger charge is 2.31. The Morgan fingerprint density at radius 1 is 1.35 bits per heavy atom. The number of hydrogen-bond acceptors (Lipinski definition) is 3. The molecule has 2 atom stereocenters. The molecular formula is C17H25ClN2O3. The van der Waals surface area contributed by atoms with Crippen LogP contribution in [0.2, 0.25) is 5.02 Å². The van der Waals surface area contributed by atoms with Gasteiger partial charge in [0.25, 0.3) is 0 Å². The highest BCUT2D eigenvalue weighted by molar-refractivity contribution is 6.30. The van der Waals surface area contributed by atoms with E-state index in [0.29, 0.717) is 24.5 Å². The molecule has 5 nitrogen and oxygen atoms in total. The maximum Gasteiger partial charge on any atom is 0.315 e. The number of carbonyl (C=O) groups excluding carboxylic acids is 1. The minimum absolute atomic E-state index is 0.0903. The van der Waals surface area contributed by atoms with E-state index in [4.69, 9.17) is 16.3 Å². The molecule has 0 spiro atoms. The standard InChI is InChI=1S/C17H25ClN2O3/c1-3-17(22,4-2)11-19-16(21)20-14-9-10-23-15(14)12-5-7-13(18)8-6-12/h5-8,14-15,22H,3-4,9-11H2,1-2H3,(H2,19,20,21). The van der Waals surface area contributed by atoms with Crippen LogP contribution in [0.5, 0.6) is 0 Å². The van der Waals surface area contributed by atoms with E-state index in [1.165, 1.54) is 0 Å². The third-order valence-corrected chi connectivity index (χ3v) is 4.75. The van der Waals surface area contributed by atoms with Gasteiger partial charge in [0.05, 0.1) is 11.6 Å². The maximum absolute atomic E-state index is 12.1. The van der Waals surface area contributed by atoms with E-state index in [1.807, 2.05) is 38.1 Å². The minimum atomic E-state index is -0.848. The molecule has 0 aliphatic carbocycles. The van der Waals surface area contributed by atoms with Crippen molar-refractivity contribution in [3.05, 3.63) is 34.9 Å². The Labute approximate surface area is 142 Å². The lowest BCUT2D eigenvalue weighted by atomic mass is 9.98. The van der Waals surface area contributed by atoms with Gasteiger partial charge in [-0.3, -0.25) is 0 Å². The fraction of sp³-hybridized carbons (Fsp3) is 0.588. The summed E-state index contributed by atoms with van der Waals surface area (Å²) >= 11 is 5.91. The van der Waals surface area contributed by atoms with E-state index in [-0.39, 0.29) is 24.7 Å². The number of benzene rings is 1. The summed E-state index contributed by atoms with van der Waals surface area (Å²) < 4.78 is 5.75. The third-order valence-electron chi connectivity index (χ3n) is 4.50. The van der Waals surface area contributed by atoms with Gasteiger partial charge in [0.2, 0.25) is 0 Å². The van der Waals surface area contributed by atoms with Crippen LogP contribution in [0.15, 0.2) is 24.3 Å². The Hall–Kier alpha value is -1.30. The lowest BCUT2D eigenvalue weighted by Crippen LogP contribution is -2.49. The van der Waals surface area contributed by atoms with Crippen molar-refractivity contribution in [3.63, 3.8) is 0 Å². The number of rotatable bonds is 6. The van der Waals surface area contributed by atoms with Gasteiger partial charge in [-0.05, 0) is 37.0 Å². The number of aliphatic hydroxyl groups is 1. The van der Waals surface area contributed by atoms with Gasteiger partial charge >= 0.3 is 6.03 Å². The van der Waals surface area contributed by atoms with Gasteiger partial charge in [-0.1, -0.05) is 37.6 Å². The fourth-order valence-corrected chi connectivity index (χ4v) is 2.81. The molecule has 3 N–H and O–H groups in total. The summed E-state index contributed by atoms with van der Waals surface area (Å²) in [5.74, 6) is 0. The molecule has 2 rings (SSSR count). The molecule has 1 heterocycles. The second kappa shape index (κ2) is 7.99. The van der Waals surface area contributed by atoms with Crippen LogP contribution in [-0.2, 0) is 4.74 Å². The van der Waals surface area contributed by atoms with Crippen molar-refractivity contribution in [2.75, 3.05) is 13.2 Å². The van der Waals surface area contributed by atoms with Crippen molar-refractivity contribution in [1.29, 1.82) is 0 Å². The molecule has 1 aromatic carbocycles. The van der Waals surface area contributed by atoms with Crippen LogP contribution in [0.4, 0.5) is 4.79 Å². The van der Waals surface area contributed by atoms with Gasteiger partial charge in [0.1, 0.15) is 6.10 Å². The molecule has 23 heavy (non-hydrogen) atoms. The Morgan fingerprint density at radius 2 is 2.00 bits per heavy atom. The van der Waals surface area contributed by atoms with Crippen LogP contribution in [0.3, 0.4) is 0 Å². The number of urea groups is 1. The molecule has 0 saturated carbocycles. The zero-order chi connectivity index (χ0) is 16.9. The van der Waals surface area contributed by atoms with Crippen LogP contribution in [0.1, 0.15) is 44.8 Å². The van der Waals surface area contributed by atoms with Gasteiger partial charge in [-0.25, -0.2) is 4.79 Å². The Balaban J connectivity index is 1.91. The van der Waals surface area contributed by atoms with E-state index < -0.39 is 5.60 Å². The monoisotopic (exact) mass is 340 g/mol. The van der Waals surface area contributed by atoms with E-state index in [2.05, 4.69) is 10.6 Å². The molecule has 1 aliphatic heterocycles. The SMILES string of the molecule is CCC(O)(CC)CNC(=O)NC1CCOC1c1ccc(Cl)cc1. The topological polar surface area (TPSA) is 70.6 Å². The van der Waals surface area contributed by atoms with Gasteiger partial charge < -0.3 is 20.5 Å². The third kappa shape index (κ3) is 4.83. The van der Waals surface area contributed by atoms with Crippen molar-refractivity contribution in [3.8, 4) is 0 Å². The van der Waals surface area contributed by atoms with Gasteiger partial charge in [-0.2, -0.15) is 0 Å². The largest absolute Gasteiger partial charge is 0.388 e. The first kappa shape index (κ1) is 18.0. The maximum atomic E-state index is 12.1. The molecule has 0 bridgehead atoms. The summed E-state index contributed by atoms with van der Waals surface area (Å²) in [6.07, 6.45) is 1.79. The van der Waals surface area contributed by atoms with Crippen LogP contribution in [0.25, 0.3) is 0 Å². The lowest BCUT2D eigenvalue weighted by molar-refractivity contribution is 0.0347. The Bertz CT molecular complexity index is 517. The average Bonchev–Trinajstić information content (AvgIpc) is 3.01. The predicted octanol–water partition coefficient (Wildman–Crippen LogP) is 3.02. The van der Waals surface area contributed by atoms with Crippen molar-refractivity contribution in [1.82, 2.24) is 10.6 Å². The smallest absolute Gasteiger partial charge is 0.315 e. The number of amides is 2. The van der Waals surface area contributed by atoms with Crippen molar-refractivity contribution >= 4 is 17.6 Å². The second-order valence-electron chi connectivity index (χ2n) is 6.00. The molecule has 1 aliphatic rings. The number of ether oxygens (including phenoxy) is 1. The number of nitrogens with one attached hydrogen (secondary N) is 2. The molecule has 128 valence electrons. The molecule has 2 unspecified atom stereocenters. The van der Waals surface area contributed by atoms with E-state index in [1.54, 1.807) is 0 Å². The summed E-state index contributed by atoms with van der Waals surface area (Å²) in [5.41, 5.74) is 0.148. The van der Waals surface area contributed by atoms with Gasteiger partial charge in [0.15, 0.2) is 0 Å². The summed E-state index contributed by atoms with van der Waals surface area (Å²) in [4.78, 5) is 12.1. The normalized spacial score (nSPS) is 21.2. The first-order valence-corrected chi connectivity index (χ1v) is 8.49. The Morgan fingerprint density at radius 3 is 2.61 bits per heavy atom. The van der Waals surface area contributed by atoms with Crippen molar-refractivity contribution in [2.45, 2.75) is 50.9 Å². The lowest BCUT2D eigenvalue weighted by Gasteiger charge is -2.26. The first-order valence-electron chi connectivity index (χ1n) is 8.11. The average molecular weight is 341 g/mol. The van der Waals surface area contributed by atoms with Crippen molar-refractivity contribution < 1.29 is 14.6 Å². The minimum Gasteiger partial charge on any atom is -0.388 e. The first-order chi connectivity index (χ1) is 11.0. The summed E-state index contributed by atoms with van der Waals surface area (Å²) in [5, 5.41) is 16.6. The van der Waals surface area contributed by atoms with Crippen LogP contribution in [0, 0.1) is 0 Å². The van der Waals surface area contributed by atoms with E-state index in [9.17, 15) is 9.90 Å². The predicted molar refractivity (Wildman–Crippen MR) is 90.6 cm³/mol. The number of carbonyl (C=O) groups is 1. The van der Waals surface area contributed by atoms with Crippen LogP contribution in [-0.4, -0.2) is 35.9 Å². The molecular weight excluding hydrogens is 316 g/mol. The second-order valence-corrected chi connectivity index (χ2v) is 6.43. The quantitative estimate of drug-likeness (QED) is 0.745. The molecule has 6 heteroatoms. The fourth-order valence-electron chi connectivity index (χ4n) is 2.68. The number of halogens is 1. The van der Waals surface area contributed by atoms with Crippen LogP contribution < -0.4 is 10.6 Å². The van der Waals surface area contributed by atoms with Gasteiger partial charge in [0, 0.05) is 18.2 Å². The highest BCUT2D eigenvalue weighted by atomic mass is 35.5. The molecule has 0 radical (unpaired) electrons. The summed E-state index contributed by atoms with van der Waals surface area (Å²) in [7, 11) is 0. The molecule has 1 fully saturated rings. The van der Waals surface area contributed by atoms with E-state index >= 15 is 0 Å². The Kier molecular flexibility index (Phi) is 6.27.